The van der Waals surface area contributed by atoms with Crippen LogP contribution in [0.2, 0.25) is 0 Å². The van der Waals surface area contributed by atoms with Crippen molar-refractivity contribution >= 4 is 42.1 Å². The maximum absolute atomic E-state index is 13.2. The van der Waals surface area contributed by atoms with Gasteiger partial charge in [0.2, 0.25) is 0 Å². The van der Waals surface area contributed by atoms with Crippen molar-refractivity contribution in [2.45, 2.75) is 71.4 Å². The lowest BCUT2D eigenvalue weighted by molar-refractivity contribution is -0.237. The topological polar surface area (TPSA) is 150 Å². The van der Waals surface area contributed by atoms with E-state index in [1.165, 1.54) is 6.92 Å². The number of esters is 4. The van der Waals surface area contributed by atoms with Crippen LogP contribution in [0.5, 0.6) is 0 Å². The summed E-state index contributed by atoms with van der Waals surface area (Å²) in [5, 5.41) is 0. The number of hydrogen-bond donors (Lipinski definition) is 0. The van der Waals surface area contributed by atoms with E-state index in [9.17, 15) is 23.7 Å². The molecule has 0 bridgehead atoms. The van der Waals surface area contributed by atoms with Crippen LogP contribution in [-0.4, -0.2) is 73.5 Å². The zero-order valence-electron chi connectivity index (χ0n) is 19.3. The van der Waals surface area contributed by atoms with Gasteiger partial charge in [0, 0.05) is 33.1 Å². The van der Waals surface area contributed by atoms with Crippen molar-refractivity contribution in [3.05, 3.63) is 0 Å². The molecule has 33 heavy (non-hydrogen) atoms. The molecular weight excluding hydrogens is 483 g/mol. The third-order valence-corrected chi connectivity index (χ3v) is 8.17. The Labute approximate surface area is 195 Å². The Balaban J connectivity index is 2.40. The third-order valence-electron chi connectivity index (χ3n) is 4.41. The number of carbonyl (C=O) groups is 4. The van der Waals surface area contributed by atoms with E-state index in [2.05, 4.69) is 0 Å². The van der Waals surface area contributed by atoms with E-state index in [4.69, 9.17) is 32.7 Å². The van der Waals surface area contributed by atoms with Gasteiger partial charge >= 0.3 is 30.7 Å². The fraction of sp³-hybridized carbons (Fsp3) is 0.789. The molecule has 14 heteroatoms. The first-order valence-electron chi connectivity index (χ1n) is 10.1. The van der Waals surface area contributed by atoms with Gasteiger partial charge in [-0.25, -0.2) is 4.57 Å². The highest BCUT2D eigenvalue weighted by Crippen LogP contribution is 2.66. The normalized spacial score (nSPS) is 30.5. The molecule has 188 valence electrons. The Morgan fingerprint density at radius 3 is 1.82 bits per heavy atom. The summed E-state index contributed by atoms with van der Waals surface area (Å²) in [5.41, 5.74) is -1.60. The molecule has 2 heterocycles. The van der Waals surface area contributed by atoms with E-state index >= 15 is 0 Å². The quantitative estimate of drug-likeness (QED) is 0.278. The summed E-state index contributed by atoms with van der Waals surface area (Å²) in [6.07, 6.45) is -5.13. The highest BCUT2D eigenvalue weighted by atomic mass is 32.7. The summed E-state index contributed by atoms with van der Waals surface area (Å²) >= 11 is 0.624. The minimum atomic E-state index is -3.77. The first-order chi connectivity index (χ1) is 15.2. The standard InChI is InChI=1S/C19H29O12PS/c1-10(20)25-7-14-15(28-11(2)21)16(29-12(3)22)17(30-13(4)23)18(31-14)33-32(24)26-8-19(5,6)9-27-32/h14-18H,7-9H2,1-6H3/t14-,15-,16+,17-,18+/m1/s1. The first-order valence-corrected chi connectivity index (χ1v) is 13.1. The van der Waals surface area contributed by atoms with Gasteiger partial charge in [0.05, 0.1) is 13.2 Å². The minimum absolute atomic E-state index is 0.141. The summed E-state index contributed by atoms with van der Waals surface area (Å²) in [4.78, 5) is 46.8. The predicted molar refractivity (Wildman–Crippen MR) is 113 cm³/mol. The van der Waals surface area contributed by atoms with Crippen molar-refractivity contribution in [3.8, 4) is 0 Å². The molecule has 0 aromatic carbocycles. The maximum atomic E-state index is 13.2. The van der Waals surface area contributed by atoms with Gasteiger partial charge in [0.15, 0.2) is 23.7 Å². The molecule has 0 N–H and O–H groups in total. The molecule has 2 fully saturated rings. The van der Waals surface area contributed by atoms with Crippen molar-refractivity contribution < 1.29 is 56.5 Å². The van der Waals surface area contributed by atoms with Gasteiger partial charge < -0.3 is 32.7 Å². The van der Waals surface area contributed by atoms with Crippen molar-refractivity contribution in [2.75, 3.05) is 19.8 Å². The fourth-order valence-electron chi connectivity index (χ4n) is 3.05. The first kappa shape index (κ1) is 27.6. The Kier molecular flexibility index (Phi) is 9.34. The van der Waals surface area contributed by atoms with Crippen LogP contribution < -0.4 is 0 Å². The molecule has 5 atom stereocenters. The Hall–Kier alpha value is -1.66. The molecule has 0 aromatic heterocycles. The molecule has 2 aliphatic heterocycles. The average Bonchev–Trinajstić information content (AvgIpc) is 2.67. The lowest BCUT2D eigenvalue weighted by Gasteiger charge is -2.45. The molecule has 0 aromatic rings. The SMILES string of the molecule is CC(=O)OC[C@H]1O[C@@H](SP2(=O)OCC(C)(C)CO2)[C@H](OC(C)=O)[C@@H](OC(C)=O)[C@@H]1OC(C)=O. The minimum Gasteiger partial charge on any atom is -0.463 e. The Morgan fingerprint density at radius 1 is 0.848 bits per heavy atom. The zero-order chi connectivity index (χ0) is 25.0. The van der Waals surface area contributed by atoms with E-state index in [1.807, 2.05) is 13.8 Å². The zero-order valence-corrected chi connectivity index (χ0v) is 21.0. The third kappa shape index (κ3) is 8.25. The van der Waals surface area contributed by atoms with Crippen molar-refractivity contribution in [1.29, 1.82) is 0 Å². The van der Waals surface area contributed by atoms with Crippen LogP contribution >= 0.6 is 18.2 Å². The largest absolute Gasteiger partial charge is 0.463 e. The molecule has 0 amide bonds. The molecule has 0 unspecified atom stereocenters. The van der Waals surface area contributed by atoms with Crippen LogP contribution in [-0.2, 0) is 56.5 Å². The van der Waals surface area contributed by atoms with Crippen LogP contribution in [0.3, 0.4) is 0 Å². The van der Waals surface area contributed by atoms with Gasteiger partial charge in [-0.2, -0.15) is 0 Å². The summed E-state index contributed by atoms with van der Waals surface area (Å²) in [7, 11) is 0. The summed E-state index contributed by atoms with van der Waals surface area (Å²) in [6.45, 7) is 4.41. The van der Waals surface area contributed by atoms with Gasteiger partial charge in [0.1, 0.15) is 12.7 Å². The average molecular weight is 512 g/mol. The molecular formula is C19H29O12PS. The number of hydrogen-bond acceptors (Lipinski definition) is 13. The van der Waals surface area contributed by atoms with Crippen LogP contribution in [0.15, 0.2) is 0 Å². The van der Waals surface area contributed by atoms with Crippen molar-refractivity contribution in [2.24, 2.45) is 5.41 Å². The van der Waals surface area contributed by atoms with Crippen LogP contribution in [0, 0.1) is 5.41 Å². The highest BCUT2D eigenvalue weighted by Gasteiger charge is 2.55. The molecule has 12 nitrogen and oxygen atoms in total. The van der Waals surface area contributed by atoms with Gasteiger partial charge in [-0.3, -0.25) is 19.2 Å². The van der Waals surface area contributed by atoms with Crippen LogP contribution in [0.1, 0.15) is 41.5 Å². The number of carbonyl (C=O) groups excluding carboxylic acids is 4. The second-order valence-corrected chi connectivity index (χ2v) is 12.4. The van der Waals surface area contributed by atoms with E-state index in [1.54, 1.807) is 0 Å². The number of rotatable bonds is 7. The van der Waals surface area contributed by atoms with Gasteiger partial charge in [-0.05, 0) is 11.4 Å². The molecule has 2 saturated heterocycles. The predicted octanol–water partition coefficient (Wildman–Crippen LogP) is 1.98. The lowest BCUT2D eigenvalue weighted by Crippen LogP contribution is -2.61. The molecule has 0 saturated carbocycles. The molecule has 0 spiro atoms. The van der Waals surface area contributed by atoms with Crippen LogP contribution in [0.4, 0.5) is 0 Å². The van der Waals surface area contributed by atoms with Crippen LogP contribution in [0.25, 0.3) is 0 Å². The van der Waals surface area contributed by atoms with E-state index < -0.39 is 60.5 Å². The highest BCUT2D eigenvalue weighted by molar-refractivity contribution is 8.55. The lowest BCUT2D eigenvalue weighted by atomic mass is 9.97. The fourth-order valence-corrected chi connectivity index (χ4v) is 6.99. The van der Waals surface area contributed by atoms with E-state index in [0.29, 0.717) is 11.4 Å². The Morgan fingerprint density at radius 2 is 1.33 bits per heavy atom. The Bertz CT molecular complexity index is 801. The summed E-state index contributed by atoms with van der Waals surface area (Å²) in [5.74, 6) is -2.89. The van der Waals surface area contributed by atoms with Gasteiger partial charge in [-0.1, -0.05) is 13.8 Å². The summed E-state index contributed by atoms with van der Waals surface area (Å²) < 4.78 is 51.0. The molecule has 0 radical (unpaired) electrons. The van der Waals surface area contributed by atoms with Crippen molar-refractivity contribution in [3.63, 3.8) is 0 Å². The smallest absolute Gasteiger partial charge is 0.391 e. The molecule has 2 rings (SSSR count). The second-order valence-electron chi connectivity index (χ2n) is 8.33. The molecule has 0 aliphatic carbocycles. The monoisotopic (exact) mass is 512 g/mol. The number of ether oxygens (including phenoxy) is 5. The van der Waals surface area contributed by atoms with Gasteiger partial charge in [0.25, 0.3) is 0 Å². The summed E-state index contributed by atoms with van der Waals surface area (Å²) in [6, 6.07) is 0. The van der Waals surface area contributed by atoms with Crippen molar-refractivity contribution in [1.82, 2.24) is 0 Å². The maximum Gasteiger partial charge on any atom is 0.391 e. The van der Waals surface area contributed by atoms with Gasteiger partial charge in [-0.15, -0.1) is 0 Å². The molecule has 2 aliphatic rings. The van der Waals surface area contributed by atoms with E-state index in [-0.39, 0.29) is 25.2 Å². The second kappa shape index (κ2) is 11.2. The van der Waals surface area contributed by atoms with E-state index in [0.717, 1.165) is 20.8 Å².